The summed E-state index contributed by atoms with van der Waals surface area (Å²) in [6.07, 6.45) is -4.41. The number of rotatable bonds is 5. The average Bonchev–Trinajstić information content (AvgIpc) is 2.97. The molecule has 2 rings (SSSR count). The third kappa shape index (κ3) is 4.01. The number of ether oxygens (including phenoxy) is 1. The molecule has 0 amide bonds. The summed E-state index contributed by atoms with van der Waals surface area (Å²) in [5.74, 6) is -0.546. The molecule has 0 saturated carbocycles. The quantitative estimate of drug-likeness (QED) is 0.749. The Bertz CT molecular complexity index is 685. The Hall–Kier alpha value is -2.09. The van der Waals surface area contributed by atoms with E-state index in [4.69, 9.17) is 4.74 Å². The number of esters is 1. The Kier molecular flexibility index (Phi) is 5.25. The van der Waals surface area contributed by atoms with E-state index in [1.807, 2.05) is 0 Å². The average molecular weight is 344 g/mol. The lowest BCUT2D eigenvalue weighted by molar-refractivity contribution is -0.137. The van der Waals surface area contributed by atoms with E-state index >= 15 is 0 Å². The molecule has 0 atom stereocenters. The SMILES string of the molecule is CCOC(=O)c1csc(N(CC)c2cccc(C(F)(F)F)c2)n1. The number of aromatic nitrogens is 1. The van der Waals surface area contributed by atoms with E-state index in [1.54, 1.807) is 24.8 Å². The number of hydrogen-bond donors (Lipinski definition) is 0. The molecule has 23 heavy (non-hydrogen) atoms. The number of nitrogens with zero attached hydrogens (tertiary/aromatic N) is 2. The van der Waals surface area contributed by atoms with Crippen molar-refractivity contribution in [1.29, 1.82) is 0 Å². The minimum atomic E-state index is -4.41. The number of hydrogen-bond acceptors (Lipinski definition) is 5. The second-order valence-corrected chi connectivity index (χ2v) is 5.36. The van der Waals surface area contributed by atoms with E-state index < -0.39 is 17.7 Å². The van der Waals surface area contributed by atoms with Gasteiger partial charge in [0.1, 0.15) is 0 Å². The Labute approximate surface area is 135 Å². The topological polar surface area (TPSA) is 42.4 Å². The molecule has 124 valence electrons. The van der Waals surface area contributed by atoms with Crippen molar-refractivity contribution < 1.29 is 22.7 Å². The highest BCUT2D eigenvalue weighted by molar-refractivity contribution is 7.14. The van der Waals surface area contributed by atoms with Gasteiger partial charge in [-0.15, -0.1) is 11.3 Å². The minimum absolute atomic E-state index is 0.150. The summed E-state index contributed by atoms with van der Waals surface area (Å²) in [4.78, 5) is 17.4. The van der Waals surface area contributed by atoms with Gasteiger partial charge < -0.3 is 9.64 Å². The first-order valence-electron chi connectivity index (χ1n) is 6.94. The summed E-state index contributed by atoms with van der Waals surface area (Å²) in [7, 11) is 0. The molecule has 2 aromatic rings. The maximum atomic E-state index is 12.8. The van der Waals surface area contributed by atoms with Gasteiger partial charge in [0.2, 0.25) is 0 Å². The molecule has 0 bridgehead atoms. The molecule has 1 aromatic heterocycles. The van der Waals surface area contributed by atoms with Gasteiger partial charge in [-0.05, 0) is 32.0 Å². The van der Waals surface area contributed by atoms with Gasteiger partial charge in [0.15, 0.2) is 10.8 Å². The van der Waals surface area contributed by atoms with Crippen molar-refractivity contribution >= 4 is 28.1 Å². The number of carbonyl (C=O) groups excluding carboxylic acids is 1. The Morgan fingerprint density at radius 1 is 1.35 bits per heavy atom. The van der Waals surface area contributed by atoms with E-state index in [0.29, 0.717) is 17.4 Å². The van der Waals surface area contributed by atoms with Gasteiger partial charge >= 0.3 is 12.1 Å². The number of benzene rings is 1. The first-order chi connectivity index (χ1) is 10.9. The van der Waals surface area contributed by atoms with Gasteiger partial charge in [0.05, 0.1) is 12.2 Å². The van der Waals surface area contributed by atoms with Crippen molar-refractivity contribution in [1.82, 2.24) is 4.98 Å². The van der Waals surface area contributed by atoms with Crippen LogP contribution in [-0.2, 0) is 10.9 Å². The molecular formula is C15H15F3N2O2S. The number of thiazole rings is 1. The summed E-state index contributed by atoms with van der Waals surface area (Å²) in [5, 5.41) is 1.97. The summed E-state index contributed by atoms with van der Waals surface area (Å²) >= 11 is 1.18. The fourth-order valence-corrected chi connectivity index (χ4v) is 2.84. The van der Waals surface area contributed by atoms with Crippen LogP contribution in [0.2, 0.25) is 0 Å². The van der Waals surface area contributed by atoms with Crippen LogP contribution in [0.3, 0.4) is 0 Å². The van der Waals surface area contributed by atoms with Crippen LogP contribution in [0.5, 0.6) is 0 Å². The van der Waals surface area contributed by atoms with Gasteiger partial charge in [0.25, 0.3) is 0 Å². The molecule has 8 heteroatoms. The molecule has 0 saturated heterocycles. The zero-order chi connectivity index (χ0) is 17.0. The molecule has 0 aliphatic rings. The van der Waals surface area contributed by atoms with Crippen LogP contribution in [0.25, 0.3) is 0 Å². The maximum Gasteiger partial charge on any atom is 0.416 e. The lowest BCUT2D eigenvalue weighted by Gasteiger charge is -2.21. The lowest BCUT2D eigenvalue weighted by Crippen LogP contribution is -2.17. The number of halogens is 3. The molecule has 0 aliphatic carbocycles. The highest BCUT2D eigenvalue weighted by Gasteiger charge is 2.31. The molecule has 0 radical (unpaired) electrons. The molecule has 0 aliphatic heterocycles. The number of anilines is 2. The van der Waals surface area contributed by atoms with Crippen LogP contribution in [0.4, 0.5) is 24.0 Å². The minimum Gasteiger partial charge on any atom is -0.461 e. The zero-order valence-corrected chi connectivity index (χ0v) is 13.4. The summed E-state index contributed by atoms with van der Waals surface area (Å²) in [6.45, 7) is 4.13. The van der Waals surface area contributed by atoms with Gasteiger partial charge in [0, 0.05) is 17.6 Å². The van der Waals surface area contributed by atoms with Crippen LogP contribution in [-0.4, -0.2) is 24.1 Å². The molecule has 4 nitrogen and oxygen atoms in total. The van der Waals surface area contributed by atoms with E-state index in [1.165, 1.54) is 22.8 Å². The Morgan fingerprint density at radius 3 is 2.70 bits per heavy atom. The largest absolute Gasteiger partial charge is 0.461 e. The monoisotopic (exact) mass is 344 g/mol. The predicted octanol–water partition coefficient (Wildman–Crippen LogP) is 4.50. The zero-order valence-electron chi connectivity index (χ0n) is 12.6. The number of alkyl halides is 3. The van der Waals surface area contributed by atoms with Crippen LogP contribution in [0.1, 0.15) is 29.9 Å². The fourth-order valence-electron chi connectivity index (χ4n) is 1.97. The van der Waals surface area contributed by atoms with Gasteiger partial charge in [-0.3, -0.25) is 0 Å². The first-order valence-corrected chi connectivity index (χ1v) is 7.82. The summed E-state index contributed by atoms with van der Waals surface area (Å²) in [6, 6.07) is 5.00. The van der Waals surface area contributed by atoms with Crippen LogP contribution < -0.4 is 4.90 Å². The fraction of sp³-hybridized carbons (Fsp3) is 0.333. The molecular weight excluding hydrogens is 329 g/mol. The van der Waals surface area contributed by atoms with Gasteiger partial charge in [-0.25, -0.2) is 9.78 Å². The van der Waals surface area contributed by atoms with Crippen molar-refractivity contribution in [2.45, 2.75) is 20.0 Å². The van der Waals surface area contributed by atoms with Crippen molar-refractivity contribution in [3.63, 3.8) is 0 Å². The molecule has 0 fully saturated rings. The highest BCUT2D eigenvalue weighted by Crippen LogP contribution is 2.34. The highest BCUT2D eigenvalue weighted by atomic mass is 32.1. The normalized spacial score (nSPS) is 11.3. The molecule has 0 N–H and O–H groups in total. The predicted molar refractivity (Wildman–Crippen MR) is 82.2 cm³/mol. The summed E-state index contributed by atoms with van der Waals surface area (Å²) in [5.41, 5.74) is -0.208. The standard InChI is InChI=1S/C15H15F3N2O2S/c1-3-20(11-7-5-6-10(8-11)15(16,17)18)14-19-12(9-23-14)13(21)22-4-2/h5-9H,3-4H2,1-2H3. The van der Waals surface area contributed by atoms with Gasteiger partial charge in [-0.2, -0.15) is 13.2 Å². The maximum absolute atomic E-state index is 12.8. The van der Waals surface area contributed by atoms with E-state index in [-0.39, 0.29) is 12.3 Å². The Morgan fingerprint density at radius 2 is 2.09 bits per heavy atom. The van der Waals surface area contributed by atoms with Crippen molar-refractivity contribution in [2.24, 2.45) is 0 Å². The van der Waals surface area contributed by atoms with Crippen molar-refractivity contribution in [3.05, 3.63) is 40.9 Å². The molecule has 1 aromatic carbocycles. The van der Waals surface area contributed by atoms with E-state index in [0.717, 1.165) is 12.1 Å². The smallest absolute Gasteiger partial charge is 0.416 e. The van der Waals surface area contributed by atoms with Crippen LogP contribution in [0, 0.1) is 0 Å². The lowest BCUT2D eigenvalue weighted by atomic mass is 10.2. The molecule has 0 spiro atoms. The van der Waals surface area contributed by atoms with Gasteiger partial charge in [-0.1, -0.05) is 6.07 Å². The number of carbonyl (C=O) groups is 1. The van der Waals surface area contributed by atoms with E-state index in [2.05, 4.69) is 4.98 Å². The van der Waals surface area contributed by atoms with Crippen molar-refractivity contribution in [2.75, 3.05) is 18.1 Å². The third-order valence-corrected chi connectivity index (χ3v) is 3.87. The molecule has 0 unspecified atom stereocenters. The Balaban J connectivity index is 2.32. The van der Waals surface area contributed by atoms with Crippen molar-refractivity contribution in [3.8, 4) is 0 Å². The second-order valence-electron chi connectivity index (χ2n) is 4.53. The van der Waals surface area contributed by atoms with Crippen LogP contribution in [0.15, 0.2) is 29.6 Å². The second kappa shape index (κ2) is 6.99. The summed E-state index contributed by atoms with van der Waals surface area (Å²) < 4.78 is 43.4. The van der Waals surface area contributed by atoms with E-state index in [9.17, 15) is 18.0 Å². The molecule has 1 heterocycles. The third-order valence-electron chi connectivity index (χ3n) is 3.01. The van der Waals surface area contributed by atoms with Crippen LogP contribution >= 0.6 is 11.3 Å². The first kappa shape index (κ1) is 17.3.